The van der Waals surface area contributed by atoms with Gasteiger partial charge in [0.05, 0.1) is 6.61 Å². The number of fused-ring (bicyclic) bond motifs is 1. The van der Waals surface area contributed by atoms with Gasteiger partial charge in [-0.05, 0) is 0 Å². The zero-order chi connectivity index (χ0) is 16.9. The molecule has 8 nitrogen and oxygen atoms in total. The number of nitrogens with zero attached hydrogens (tertiary/aromatic N) is 2. The third-order valence-electron chi connectivity index (χ3n) is 3.62. The molecule has 2 unspecified atom stereocenters. The summed E-state index contributed by atoms with van der Waals surface area (Å²) in [5, 5.41) is 28.8. The standard InChI is InChI=1S/C12H11F2N3O5S/c13-5-9(14)17-1-3(11(23)16-12(17)15-10(5)21)8-7(20)6(19)4(2-18)22-8/h1,4,6-8,18-20H,2H2,(H,15,16,21,23)/t4-,6?,7?,8+/m1/s1. The average molecular weight is 347 g/mol. The number of aliphatic hydroxyl groups excluding tert-OH is 3. The minimum atomic E-state index is -1.63. The van der Waals surface area contributed by atoms with Gasteiger partial charge in [-0.25, -0.2) is 4.98 Å². The Morgan fingerprint density at radius 3 is 2.70 bits per heavy atom. The van der Waals surface area contributed by atoms with Gasteiger partial charge in [0.25, 0.3) is 5.56 Å². The number of aromatic amines is 1. The van der Waals surface area contributed by atoms with Gasteiger partial charge in [-0.15, -0.1) is 0 Å². The number of hydrogen-bond acceptors (Lipinski definition) is 7. The molecular weight excluding hydrogens is 336 g/mol. The highest BCUT2D eigenvalue weighted by molar-refractivity contribution is 7.71. The zero-order valence-electron chi connectivity index (χ0n) is 11.3. The summed E-state index contributed by atoms with van der Waals surface area (Å²) in [6.07, 6.45) is -4.04. The maximum absolute atomic E-state index is 13.9. The molecule has 1 aliphatic rings. The second-order valence-electron chi connectivity index (χ2n) is 5.01. The molecule has 2 aromatic heterocycles. The van der Waals surface area contributed by atoms with Crippen molar-refractivity contribution in [3.8, 4) is 0 Å². The number of ether oxygens (including phenoxy) is 1. The van der Waals surface area contributed by atoms with Crippen LogP contribution >= 0.6 is 12.2 Å². The van der Waals surface area contributed by atoms with Crippen LogP contribution in [0, 0.1) is 16.4 Å². The fraction of sp³-hybridized carbons (Fsp3) is 0.417. The van der Waals surface area contributed by atoms with Gasteiger partial charge in [-0.1, -0.05) is 12.2 Å². The first-order chi connectivity index (χ1) is 10.8. The Hall–Kier alpha value is -1.79. The lowest BCUT2D eigenvalue weighted by molar-refractivity contribution is -0.0231. The number of aromatic nitrogens is 3. The molecule has 3 heterocycles. The molecule has 0 saturated carbocycles. The predicted octanol–water partition coefficient (Wildman–Crippen LogP) is -0.816. The van der Waals surface area contributed by atoms with Crippen LogP contribution in [-0.2, 0) is 4.74 Å². The molecule has 11 heteroatoms. The lowest BCUT2D eigenvalue weighted by Crippen LogP contribution is -2.32. The van der Waals surface area contributed by atoms with Crippen LogP contribution in [0.25, 0.3) is 5.78 Å². The highest BCUT2D eigenvalue weighted by Gasteiger charge is 2.43. The Balaban J connectivity index is 2.18. The van der Waals surface area contributed by atoms with E-state index in [-0.39, 0.29) is 16.0 Å². The van der Waals surface area contributed by atoms with Gasteiger partial charge >= 0.3 is 0 Å². The van der Waals surface area contributed by atoms with Crippen molar-refractivity contribution in [2.45, 2.75) is 24.4 Å². The van der Waals surface area contributed by atoms with Crippen LogP contribution in [0.2, 0.25) is 0 Å². The fourth-order valence-corrected chi connectivity index (χ4v) is 2.67. The Bertz CT molecular complexity index is 885. The minimum absolute atomic E-state index is 0.00495. The summed E-state index contributed by atoms with van der Waals surface area (Å²) in [5.41, 5.74) is -1.28. The summed E-state index contributed by atoms with van der Waals surface area (Å²) >= 11 is 5.00. The molecule has 1 saturated heterocycles. The quantitative estimate of drug-likeness (QED) is 0.414. The molecule has 124 valence electrons. The van der Waals surface area contributed by atoms with Crippen LogP contribution in [0.4, 0.5) is 8.78 Å². The molecule has 0 aliphatic carbocycles. The Morgan fingerprint density at radius 2 is 2.09 bits per heavy atom. The topological polar surface area (TPSA) is 120 Å². The molecule has 0 spiro atoms. The van der Waals surface area contributed by atoms with E-state index in [0.29, 0.717) is 4.40 Å². The van der Waals surface area contributed by atoms with Gasteiger partial charge in [-0.2, -0.15) is 8.78 Å². The molecule has 4 N–H and O–H groups in total. The van der Waals surface area contributed by atoms with Crippen LogP contribution in [0.3, 0.4) is 0 Å². The molecule has 1 fully saturated rings. The molecule has 0 amide bonds. The minimum Gasteiger partial charge on any atom is -0.394 e. The third-order valence-corrected chi connectivity index (χ3v) is 3.94. The largest absolute Gasteiger partial charge is 0.394 e. The van der Waals surface area contributed by atoms with E-state index in [1.165, 1.54) is 0 Å². The number of H-pyrrole nitrogens is 1. The number of aliphatic hydroxyl groups is 3. The second-order valence-corrected chi connectivity index (χ2v) is 5.40. The molecule has 2 aromatic rings. The lowest BCUT2D eigenvalue weighted by Gasteiger charge is -2.15. The molecule has 0 aromatic carbocycles. The van der Waals surface area contributed by atoms with E-state index in [1.807, 2.05) is 4.98 Å². The fourth-order valence-electron chi connectivity index (χ4n) is 2.42. The van der Waals surface area contributed by atoms with E-state index in [0.717, 1.165) is 6.20 Å². The normalized spacial score (nSPS) is 27.7. The highest BCUT2D eigenvalue weighted by Crippen LogP contribution is 2.33. The molecule has 3 rings (SSSR count). The van der Waals surface area contributed by atoms with Gasteiger partial charge in [0.1, 0.15) is 29.1 Å². The van der Waals surface area contributed by atoms with Crippen molar-refractivity contribution in [3.05, 3.63) is 38.5 Å². The summed E-state index contributed by atoms with van der Waals surface area (Å²) in [6.45, 7) is -0.550. The van der Waals surface area contributed by atoms with E-state index in [1.54, 1.807) is 0 Å². The molecule has 4 atom stereocenters. The number of hydrogen-bond donors (Lipinski definition) is 4. The first-order valence-corrected chi connectivity index (χ1v) is 6.89. The summed E-state index contributed by atoms with van der Waals surface area (Å²) in [6, 6.07) is 0. The Morgan fingerprint density at radius 1 is 1.39 bits per heavy atom. The van der Waals surface area contributed by atoms with Gasteiger partial charge in [0.2, 0.25) is 17.5 Å². The van der Waals surface area contributed by atoms with E-state index < -0.39 is 48.3 Å². The molecule has 1 aliphatic heterocycles. The van der Waals surface area contributed by atoms with Crippen LogP contribution in [0.5, 0.6) is 0 Å². The van der Waals surface area contributed by atoms with Crippen molar-refractivity contribution >= 4 is 18.0 Å². The summed E-state index contributed by atoms with van der Waals surface area (Å²) in [4.78, 5) is 17.0. The van der Waals surface area contributed by atoms with Gasteiger partial charge in [0, 0.05) is 11.8 Å². The predicted molar refractivity (Wildman–Crippen MR) is 73.3 cm³/mol. The Kier molecular flexibility index (Phi) is 3.98. The third kappa shape index (κ3) is 2.46. The number of nitrogens with one attached hydrogen (secondary N) is 1. The first kappa shape index (κ1) is 16.1. The van der Waals surface area contributed by atoms with Crippen molar-refractivity contribution in [2.75, 3.05) is 6.61 Å². The molecule has 23 heavy (non-hydrogen) atoms. The maximum Gasteiger partial charge on any atom is 0.291 e. The maximum atomic E-state index is 13.9. The van der Waals surface area contributed by atoms with Gasteiger partial charge in [0.15, 0.2) is 0 Å². The Labute approximate surface area is 131 Å². The first-order valence-electron chi connectivity index (χ1n) is 6.48. The van der Waals surface area contributed by atoms with Gasteiger partial charge in [-0.3, -0.25) is 14.2 Å². The summed E-state index contributed by atoms with van der Waals surface area (Å²) < 4.78 is 33.0. The van der Waals surface area contributed by atoms with Crippen LogP contribution < -0.4 is 5.56 Å². The van der Waals surface area contributed by atoms with Crippen LogP contribution in [0.15, 0.2) is 11.0 Å². The van der Waals surface area contributed by atoms with Crippen molar-refractivity contribution in [1.29, 1.82) is 0 Å². The van der Waals surface area contributed by atoms with E-state index in [9.17, 15) is 23.8 Å². The SMILES string of the molecule is O=c1[nH]c2nc(=S)c([C@@H]3O[C@H](CO)C(O)C3O)cn2c(F)c1F. The van der Waals surface area contributed by atoms with Crippen molar-refractivity contribution in [3.63, 3.8) is 0 Å². The molecule has 0 radical (unpaired) electrons. The summed E-state index contributed by atoms with van der Waals surface area (Å²) in [7, 11) is 0. The van der Waals surface area contributed by atoms with Crippen LogP contribution in [0.1, 0.15) is 11.7 Å². The van der Waals surface area contributed by atoms with Crippen molar-refractivity contribution in [2.24, 2.45) is 0 Å². The molecular formula is C12H11F2N3O5S. The monoisotopic (exact) mass is 347 g/mol. The zero-order valence-corrected chi connectivity index (χ0v) is 12.1. The van der Waals surface area contributed by atoms with Gasteiger partial charge < -0.3 is 20.1 Å². The molecule has 0 bridgehead atoms. The van der Waals surface area contributed by atoms with Crippen LogP contribution in [-0.4, -0.2) is 54.6 Å². The average Bonchev–Trinajstić information content (AvgIpc) is 2.80. The highest BCUT2D eigenvalue weighted by atomic mass is 32.1. The second kappa shape index (κ2) is 5.69. The summed E-state index contributed by atoms with van der Waals surface area (Å²) in [5.74, 6) is -3.44. The van der Waals surface area contributed by atoms with E-state index in [4.69, 9.17) is 22.1 Å². The number of rotatable bonds is 2. The number of halogens is 2. The van der Waals surface area contributed by atoms with E-state index in [2.05, 4.69) is 4.98 Å². The lowest BCUT2D eigenvalue weighted by atomic mass is 10.0. The van der Waals surface area contributed by atoms with E-state index >= 15 is 0 Å². The van der Waals surface area contributed by atoms with Crippen molar-refractivity contribution in [1.82, 2.24) is 14.4 Å². The smallest absolute Gasteiger partial charge is 0.291 e. The van der Waals surface area contributed by atoms with Crippen molar-refractivity contribution < 1.29 is 28.8 Å².